The molecule has 1 aliphatic rings. The molecule has 2 aromatic heterocycles. The summed E-state index contributed by atoms with van der Waals surface area (Å²) in [5.41, 5.74) is 17.2. The molecule has 3 nitrogen and oxygen atoms in total. The van der Waals surface area contributed by atoms with E-state index in [0.717, 1.165) is 50.0 Å². The van der Waals surface area contributed by atoms with Crippen molar-refractivity contribution >= 4 is 21.5 Å². The second kappa shape index (κ2) is 13.9. The summed E-state index contributed by atoms with van der Waals surface area (Å²) in [6.07, 6.45) is 3.70. The number of fused-ring (bicyclic) bond motifs is 6. The molecule has 11 rings (SSSR count). The molecule has 0 spiro atoms. The number of hydrogen-bond donors (Lipinski definition) is 0. The molecule has 0 radical (unpaired) electrons. The Morgan fingerprint density at radius 1 is 0.373 bits per heavy atom. The van der Waals surface area contributed by atoms with E-state index in [1.165, 1.54) is 55.3 Å². The molecule has 1 aliphatic carbocycles. The largest absolute Gasteiger partial charge is 0.264 e. The van der Waals surface area contributed by atoms with Gasteiger partial charge in [-0.1, -0.05) is 172 Å². The third kappa shape index (κ3) is 5.94. The van der Waals surface area contributed by atoms with Gasteiger partial charge in [-0.15, -0.1) is 0 Å². The maximum absolute atomic E-state index is 5.27. The van der Waals surface area contributed by atoms with E-state index in [1.54, 1.807) is 6.20 Å². The Morgan fingerprint density at radius 3 is 1.78 bits per heavy atom. The second-order valence-corrected chi connectivity index (χ2v) is 16.0. The minimum Gasteiger partial charge on any atom is -0.264 e. The van der Waals surface area contributed by atoms with Gasteiger partial charge >= 0.3 is 0 Å². The summed E-state index contributed by atoms with van der Waals surface area (Å²) in [7, 11) is 0. The van der Waals surface area contributed by atoms with E-state index in [1.807, 2.05) is 18.3 Å². The van der Waals surface area contributed by atoms with Crippen LogP contribution in [0.4, 0.5) is 0 Å². The van der Waals surface area contributed by atoms with Gasteiger partial charge in [0.15, 0.2) is 5.82 Å². The molecular weight excluding hydrogens is 715 g/mol. The average Bonchev–Trinajstić information content (AvgIpc) is 3.54. The van der Waals surface area contributed by atoms with Crippen LogP contribution < -0.4 is 0 Å². The zero-order valence-corrected chi connectivity index (χ0v) is 32.9. The van der Waals surface area contributed by atoms with Crippen LogP contribution in [0.25, 0.3) is 100.0 Å². The Hall–Kier alpha value is -7.49. The number of pyridine rings is 1. The first-order valence-electron chi connectivity index (χ1n) is 20.2. The van der Waals surface area contributed by atoms with Gasteiger partial charge in [0, 0.05) is 40.1 Å². The van der Waals surface area contributed by atoms with Crippen LogP contribution in [0.15, 0.2) is 200 Å². The van der Waals surface area contributed by atoms with Crippen molar-refractivity contribution in [1.82, 2.24) is 15.0 Å². The molecule has 0 N–H and O–H groups in total. The SMILES string of the molecule is CC1(C)c2ccc(-c3ccc(-c4ccc(-c5nc(-c6ccccc6)cc(-c6cccc(-c7cccnc7)c6)n5)c5ccccc45)cc3)cc2-c2c1ccc1ccccc21. The summed E-state index contributed by atoms with van der Waals surface area (Å²) in [5.74, 6) is 0.695. The standard InChI is InChI=1S/C56H39N3/c1-56(2)50-29-26-41(33-49(50)54-45-18-7-6-12-37(45)25-30-51(54)56)36-21-23-38(24-22-36)44-27-28-48(47-20-9-8-19-46(44)47)55-58-52(39-13-4-3-5-14-39)34-53(59-55)42-16-10-15-40(32-42)43-17-11-31-57-35-43/h3-35H,1-2H3. The van der Waals surface area contributed by atoms with Crippen LogP contribution in [0.3, 0.4) is 0 Å². The number of rotatable bonds is 6. The van der Waals surface area contributed by atoms with Crippen molar-refractivity contribution in [1.29, 1.82) is 0 Å². The van der Waals surface area contributed by atoms with Crippen LogP contribution >= 0.6 is 0 Å². The van der Waals surface area contributed by atoms with Gasteiger partial charge in [0.2, 0.25) is 0 Å². The van der Waals surface area contributed by atoms with Crippen molar-refractivity contribution in [3.8, 4) is 78.4 Å². The highest BCUT2D eigenvalue weighted by atomic mass is 14.9. The van der Waals surface area contributed by atoms with Crippen LogP contribution in [0.2, 0.25) is 0 Å². The Kier molecular flexibility index (Phi) is 8.16. The molecule has 0 atom stereocenters. The monoisotopic (exact) mass is 753 g/mol. The summed E-state index contributed by atoms with van der Waals surface area (Å²) < 4.78 is 0. The van der Waals surface area contributed by atoms with Crippen molar-refractivity contribution in [2.75, 3.05) is 0 Å². The molecule has 0 fully saturated rings. The van der Waals surface area contributed by atoms with E-state index >= 15 is 0 Å². The number of aromatic nitrogens is 3. The first-order valence-corrected chi connectivity index (χ1v) is 20.2. The highest BCUT2D eigenvalue weighted by Gasteiger charge is 2.36. The quantitative estimate of drug-likeness (QED) is 0.170. The third-order valence-corrected chi connectivity index (χ3v) is 12.2. The van der Waals surface area contributed by atoms with Gasteiger partial charge in [-0.3, -0.25) is 4.98 Å². The first-order chi connectivity index (χ1) is 29.0. The van der Waals surface area contributed by atoms with Gasteiger partial charge in [-0.05, 0) is 102 Å². The van der Waals surface area contributed by atoms with E-state index in [4.69, 9.17) is 9.97 Å². The van der Waals surface area contributed by atoms with E-state index in [0.29, 0.717) is 5.82 Å². The second-order valence-electron chi connectivity index (χ2n) is 16.0. The van der Waals surface area contributed by atoms with Crippen LogP contribution in [0.1, 0.15) is 25.0 Å². The average molecular weight is 754 g/mol. The Morgan fingerprint density at radius 2 is 0.983 bits per heavy atom. The summed E-state index contributed by atoms with van der Waals surface area (Å²) in [6, 6.07) is 67.6. The molecule has 8 aromatic carbocycles. The van der Waals surface area contributed by atoms with Gasteiger partial charge in [-0.25, -0.2) is 9.97 Å². The van der Waals surface area contributed by atoms with Crippen LogP contribution in [0, 0.1) is 0 Å². The van der Waals surface area contributed by atoms with Gasteiger partial charge in [-0.2, -0.15) is 0 Å². The fourth-order valence-corrected chi connectivity index (χ4v) is 9.16. The van der Waals surface area contributed by atoms with Crippen molar-refractivity contribution < 1.29 is 0 Å². The van der Waals surface area contributed by atoms with Crippen molar-refractivity contribution in [3.63, 3.8) is 0 Å². The highest BCUT2D eigenvalue weighted by Crippen LogP contribution is 2.52. The summed E-state index contributed by atoms with van der Waals surface area (Å²) in [4.78, 5) is 14.8. The zero-order chi connectivity index (χ0) is 39.5. The van der Waals surface area contributed by atoms with Gasteiger partial charge < -0.3 is 0 Å². The molecule has 0 bridgehead atoms. The maximum atomic E-state index is 5.27. The summed E-state index contributed by atoms with van der Waals surface area (Å²) >= 11 is 0. The maximum Gasteiger partial charge on any atom is 0.161 e. The van der Waals surface area contributed by atoms with Gasteiger partial charge in [0.1, 0.15) is 0 Å². The molecule has 10 aromatic rings. The van der Waals surface area contributed by atoms with Gasteiger partial charge in [0.05, 0.1) is 11.4 Å². The summed E-state index contributed by atoms with van der Waals surface area (Å²) in [6.45, 7) is 4.70. The smallest absolute Gasteiger partial charge is 0.161 e. The number of hydrogen-bond acceptors (Lipinski definition) is 3. The van der Waals surface area contributed by atoms with Crippen molar-refractivity contribution in [3.05, 3.63) is 212 Å². The van der Waals surface area contributed by atoms with E-state index < -0.39 is 0 Å². The van der Waals surface area contributed by atoms with E-state index in [9.17, 15) is 0 Å². The molecule has 2 heterocycles. The molecule has 0 unspecified atom stereocenters. The molecule has 0 amide bonds. The van der Waals surface area contributed by atoms with E-state index in [-0.39, 0.29) is 5.41 Å². The predicted molar refractivity (Wildman–Crippen MR) is 245 cm³/mol. The topological polar surface area (TPSA) is 38.7 Å². The molecule has 0 saturated carbocycles. The predicted octanol–water partition coefficient (Wildman–Crippen LogP) is 14.5. The lowest BCUT2D eigenvalue weighted by Gasteiger charge is -2.21. The Labute approximate surface area is 344 Å². The molecule has 0 saturated heterocycles. The minimum absolute atomic E-state index is 0.0505. The fourth-order valence-electron chi connectivity index (χ4n) is 9.16. The Bertz CT molecular complexity index is 3220. The lowest BCUT2D eigenvalue weighted by molar-refractivity contribution is 0.661. The normalized spacial score (nSPS) is 12.7. The zero-order valence-electron chi connectivity index (χ0n) is 32.9. The molecular formula is C56H39N3. The first kappa shape index (κ1) is 34.7. The number of benzene rings is 8. The molecule has 0 aliphatic heterocycles. The fraction of sp³-hybridized carbons (Fsp3) is 0.0536. The molecule has 278 valence electrons. The van der Waals surface area contributed by atoms with Crippen LogP contribution in [0.5, 0.6) is 0 Å². The molecule has 3 heteroatoms. The van der Waals surface area contributed by atoms with Crippen LogP contribution in [-0.4, -0.2) is 15.0 Å². The Balaban J connectivity index is 0.985. The van der Waals surface area contributed by atoms with E-state index in [2.05, 4.69) is 195 Å². The summed E-state index contributed by atoms with van der Waals surface area (Å²) in [5, 5.41) is 4.88. The van der Waals surface area contributed by atoms with Crippen LogP contribution in [-0.2, 0) is 5.41 Å². The number of nitrogens with zero attached hydrogens (tertiary/aromatic N) is 3. The lowest BCUT2D eigenvalue weighted by atomic mass is 9.82. The highest BCUT2D eigenvalue weighted by molar-refractivity contribution is 6.05. The van der Waals surface area contributed by atoms with Gasteiger partial charge in [0.25, 0.3) is 0 Å². The lowest BCUT2D eigenvalue weighted by Crippen LogP contribution is -2.14. The van der Waals surface area contributed by atoms with Crippen molar-refractivity contribution in [2.24, 2.45) is 0 Å². The molecule has 59 heavy (non-hydrogen) atoms. The van der Waals surface area contributed by atoms with Crippen molar-refractivity contribution in [2.45, 2.75) is 19.3 Å². The third-order valence-electron chi connectivity index (χ3n) is 12.2. The minimum atomic E-state index is -0.0505.